The van der Waals surface area contributed by atoms with Crippen molar-refractivity contribution in [3.63, 3.8) is 0 Å². The Hall–Kier alpha value is -3.42. The summed E-state index contributed by atoms with van der Waals surface area (Å²) in [4.78, 5) is 31.1. The number of nitrogens with zero attached hydrogens (tertiary/aromatic N) is 3. The van der Waals surface area contributed by atoms with Crippen molar-refractivity contribution in [3.8, 4) is 5.75 Å². The molecule has 29 heavy (non-hydrogen) atoms. The van der Waals surface area contributed by atoms with Crippen LogP contribution in [0.5, 0.6) is 5.75 Å². The Kier molecular flexibility index (Phi) is 5.41. The van der Waals surface area contributed by atoms with E-state index in [-0.39, 0.29) is 23.6 Å². The number of hydrogen-bond donors (Lipinski definition) is 1. The van der Waals surface area contributed by atoms with Crippen LogP contribution in [0.4, 0.5) is 0 Å². The number of ether oxygens (including phenoxy) is 1. The summed E-state index contributed by atoms with van der Waals surface area (Å²) in [7, 11) is 1.62. The first-order chi connectivity index (χ1) is 14.1. The Morgan fingerprint density at radius 3 is 3.07 bits per heavy atom. The highest BCUT2D eigenvalue weighted by molar-refractivity contribution is 6.02. The molecule has 3 aromatic rings. The van der Waals surface area contributed by atoms with E-state index >= 15 is 0 Å². The van der Waals surface area contributed by atoms with E-state index in [4.69, 9.17) is 9.26 Å². The van der Waals surface area contributed by atoms with Crippen LogP contribution in [0.25, 0.3) is 11.0 Å². The van der Waals surface area contributed by atoms with Crippen molar-refractivity contribution in [3.05, 3.63) is 53.9 Å². The first-order valence-electron chi connectivity index (χ1n) is 9.56. The minimum atomic E-state index is -0.334. The van der Waals surface area contributed by atoms with Crippen molar-refractivity contribution < 1.29 is 18.8 Å². The van der Waals surface area contributed by atoms with Crippen LogP contribution in [0.2, 0.25) is 0 Å². The molecule has 8 heteroatoms. The number of amides is 2. The van der Waals surface area contributed by atoms with E-state index in [0.717, 1.165) is 11.3 Å². The van der Waals surface area contributed by atoms with E-state index < -0.39 is 0 Å². The van der Waals surface area contributed by atoms with Crippen LogP contribution in [-0.4, -0.2) is 46.6 Å². The molecule has 1 aliphatic rings. The molecule has 1 fully saturated rings. The summed E-state index contributed by atoms with van der Waals surface area (Å²) in [6, 6.07) is 11.1. The number of benzene rings is 1. The van der Waals surface area contributed by atoms with Gasteiger partial charge in [0.15, 0.2) is 0 Å². The van der Waals surface area contributed by atoms with E-state index in [1.807, 2.05) is 29.2 Å². The molecule has 1 unspecified atom stereocenters. The molecule has 2 amide bonds. The molecule has 150 valence electrons. The first-order valence-corrected chi connectivity index (χ1v) is 9.56. The fraction of sp³-hybridized carbons (Fsp3) is 0.333. The predicted octanol–water partition coefficient (Wildman–Crippen LogP) is 2.54. The van der Waals surface area contributed by atoms with Gasteiger partial charge in [-0.05, 0) is 42.7 Å². The molecule has 0 bridgehead atoms. The fourth-order valence-corrected chi connectivity index (χ4v) is 3.54. The van der Waals surface area contributed by atoms with E-state index in [2.05, 4.69) is 15.5 Å². The second kappa shape index (κ2) is 8.30. The molecule has 1 atom stereocenters. The van der Waals surface area contributed by atoms with E-state index in [0.29, 0.717) is 43.4 Å². The second-order valence-electron chi connectivity index (χ2n) is 7.05. The lowest BCUT2D eigenvalue weighted by Crippen LogP contribution is -2.35. The molecule has 1 aliphatic heterocycles. The lowest BCUT2D eigenvalue weighted by Gasteiger charge is -2.21. The van der Waals surface area contributed by atoms with Gasteiger partial charge in [0.05, 0.1) is 12.5 Å². The number of rotatable bonds is 5. The Labute approximate surface area is 167 Å². The Morgan fingerprint density at radius 1 is 1.31 bits per heavy atom. The quantitative estimate of drug-likeness (QED) is 0.714. The third kappa shape index (κ3) is 4.21. The Morgan fingerprint density at radius 2 is 2.21 bits per heavy atom. The standard InChI is InChI=1S/C21H22N4O4/c1-28-16-5-2-4-14(12-16)13-25-11-9-15(7-8-18(25)26)23-21(27)19-17-6-3-10-22-20(17)24-29-19/h2-6,10,12,15H,7-9,11,13H2,1H3,(H,23,27). The normalized spacial score (nSPS) is 17.2. The lowest BCUT2D eigenvalue weighted by molar-refractivity contribution is -0.131. The number of carbonyl (C=O) groups excluding carboxylic acids is 2. The number of nitrogens with one attached hydrogen (secondary N) is 1. The fourth-order valence-electron chi connectivity index (χ4n) is 3.54. The van der Waals surface area contributed by atoms with Gasteiger partial charge in [-0.15, -0.1) is 0 Å². The van der Waals surface area contributed by atoms with Crippen LogP contribution in [-0.2, 0) is 11.3 Å². The van der Waals surface area contributed by atoms with Gasteiger partial charge in [-0.3, -0.25) is 9.59 Å². The van der Waals surface area contributed by atoms with Gasteiger partial charge in [0.25, 0.3) is 5.91 Å². The number of carbonyl (C=O) groups is 2. The van der Waals surface area contributed by atoms with Crippen LogP contribution in [0.1, 0.15) is 35.4 Å². The second-order valence-corrected chi connectivity index (χ2v) is 7.05. The van der Waals surface area contributed by atoms with Crippen LogP contribution in [0, 0.1) is 0 Å². The zero-order chi connectivity index (χ0) is 20.2. The highest BCUT2D eigenvalue weighted by Crippen LogP contribution is 2.20. The van der Waals surface area contributed by atoms with Crippen molar-refractivity contribution in [2.75, 3.05) is 13.7 Å². The van der Waals surface area contributed by atoms with Crippen molar-refractivity contribution in [1.29, 1.82) is 0 Å². The number of aromatic nitrogens is 2. The van der Waals surface area contributed by atoms with Crippen LogP contribution in [0.15, 0.2) is 47.1 Å². The zero-order valence-corrected chi connectivity index (χ0v) is 16.1. The molecule has 8 nitrogen and oxygen atoms in total. The largest absolute Gasteiger partial charge is 0.497 e. The van der Waals surface area contributed by atoms with Crippen molar-refractivity contribution in [2.45, 2.75) is 31.8 Å². The molecule has 0 spiro atoms. The maximum absolute atomic E-state index is 12.6. The maximum atomic E-state index is 12.6. The molecule has 0 radical (unpaired) electrons. The first kappa shape index (κ1) is 18.9. The third-order valence-electron chi connectivity index (χ3n) is 5.11. The molecule has 1 saturated heterocycles. The van der Waals surface area contributed by atoms with Crippen LogP contribution >= 0.6 is 0 Å². The minimum Gasteiger partial charge on any atom is -0.497 e. The van der Waals surface area contributed by atoms with Crippen LogP contribution < -0.4 is 10.1 Å². The van der Waals surface area contributed by atoms with Gasteiger partial charge >= 0.3 is 0 Å². The summed E-state index contributed by atoms with van der Waals surface area (Å²) in [5.74, 6) is 0.665. The summed E-state index contributed by atoms with van der Waals surface area (Å²) in [6.07, 6.45) is 3.24. The highest BCUT2D eigenvalue weighted by atomic mass is 16.5. The smallest absolute Gasteiger partial charge is 0.290 e. The molecule has 0 saturated carbocycles. The summed E-state index contributed by atoms with van der Waals surface area (Å²) >= 11 is 0. The minimum absolute atomic E-state index is 0.0823. The van der Waals surface area contributed by atoms with Crippen molar-refractivity contribution >= 4 is 22.8 Å². The summed E-state index contributed by atoms with van der Waals surface area (Å²) in [5, 5.41) is 7.37. The molecule has 0 aliphatic carbocycles. The number of methoxy groups -OCH3 is 1. The zero-order valence-electron chi connectivity index (χ0n) is 16.1. The van der Waals surface area contributed by atoms with Gasteiger partial charge in [0.1, 0.15) is 5.75 Å². The average molecular weight is 394 g/mol. The monoisotopic (exact) mass is 394 g/mol. The Balaban J connectivity index is 1.40. The van der Waals surface area contributed by atoms with E-state index in [1.165, 1.54) is 0 Å². The molecule has 4 rings (SSSR count). The van der Waals surface area contributed by atoms with Gasteiger partial charge in [-0.1, -0.05) is 17.3 Å². The van der Waals surface area contributed by atoms with Crippen molar-refractivity contribution in [2.24, 2.45) is 0 Å². The van der Waals surface area contributed by atoms with Gasteiger partial charge in [-0.25, -0.2) is 4.98 Å². The molecule has 2 aromatic heterocycles. The third-order valence-corrected chi connectivity index (χ3v) is 5.11. The Bertz CT molecular complexity index is 1030. The summed E-state index contributed by atoms with van der Waals surface area (Å²) in [6.45, 7) is 1.09. The van der Waals surface area contributed by atoms with Crippen molar-refractivity contribution in [1.82, 2.24) is 20.4 Å². The topological polar surface area (TPSA) is 97.6 Å². The molecule has 1 N–H and O–H groups in total. The van der Waals surface area contributed by atoms with Crippen LogP contribution in [0.3, 0.4) is 0 Å². The number of likely N-dealkylation sites (tertiary alicyclic amines) is 1. The lowest BCUT2D eigenvalue weighted by atomic mass is 10.1. The van der Waals surface area contributed by atoms with Gasteiger partial charge < -0.3 is 19.5 Å². The summed E-state index contributed by atoms with van der Waals surface area (Å²) < 4.78 is 10.4. The van der Waals surface area contributed by atoms with E-state index in [9.17, 15) is 9.59 Å². The average Bonchev–Trinajstić information content (AvgIpc) is 3.11. The predicted molar refractivity (Wildman–Crippen MR) is 105 cm³/mol. The summed E-state index contributed by atoms with van der Waals surface area (Å²) in [5.41, 5.74) is 1.42. The maximum Gasteiger partial charge on any atom is 0.290 e. The van der Waals surface area contributed by atoms with Gasteiger partial charge in [-0.2, -0.15) is 0 Å². The molecular weight excluding hydrogens is 372 g/mol. The van der Waals surface area contributed by atoms with E-state index in [1.54, 1.807) is 25.4 Å². The number of hydrogen-bond acceptors (Lipinski definition) is 6. The molecule has 1 aromatic carbocycles. The number of pyridine rings is 1. The number of fused-ring (bicyclic) bond motifs is 1. The highest BCUT2D eigenvalue weighted by Gasteiger charge is 2.26. The molecular formula is C21H22N4O4. The SMILES string of the molecule is COc1cccc(CN2CCC(NC(=O)c3onc4ncccc34)CCC2=O)c1. The van der Waals surface area contributed by atoms with Gasteiger partial charge in [0, 0.05) is 31.7 Å². The molecule has 3 heterocycles. The van der Waals surface area contributed by atoms with Gasteiger partial charge in [0.2, 0.25) is 17.3 Å².